The zero-order chi connectivity index (χ0) is 21.9. The fraction of sp³-hybridized carbons (Fsp3) is 0.357. The average Bonchev–Trinajstić information content (AvgIpc) is 3.27. The Hall–Kier alpha value is -2.98. The molecule has 1 fully saturated rings. The number of nitrogens with zero attached hydrogens (tertiary/aromatic N) is 3. The molecule has 3 heterocycles. The summed E-state index contributed by atoms with van der Waals surface area (Å²) < 4.78 is 0. The van der Waals surface area contributed by atoms with Crippen LogP contribution in [0, 0.1) is 0 Å². The highest BCUT2D eigenvalue weighted by Gasteiger charge is 2.22. The van der Waals surface area contributed by atoms with Crippen LogP contribution in [-0.4, -0.2) is 46.4 Å². The molecular formula is C28H31N3O. The summed E-state index contributed by atoms with van der Waals surface area (Å²) in [6, 6.07) is 20.1. The van der Waals surface area contributed by atoms with Crippen molar-refractivity contribution in [3.63, 3.8) is 0 Å². The van der Waals surface area contributed by atoms with Gasteiger partial charge in [-0.3, -0.25) is 9.78 Å². The second kappa shape index (κ2) is 9.25. The topological polar surface area (TPSA) is 36.4 Å². The van der Waals surface area contributed by atoms with E-state index in [4.69, 9.17) is 0 Å². The van der Waals surface area contributed by atoms with Crippen LogP contribution in [0.3, 0.4) is 0 Å². The lowest BCUT2D eigenvalue weighted by atomic mass is 9.94. The van der Waals surface area contributed by atoms with Gasteiger partial charge in [0, 0.05) is 43.6 Å². The quantitative estimate of drug-likeness (QED) is 0.579. The first kappa shape index (κ1) is 20.9. The Bertz CT molecular complexity index is 1080. The molecule has 0 aliphatic carbocycles. The van der Waals surface area contributed by atoms with Crippen LogP contribution in [0.15, 0.2) is 67.0 Å². The van der Waals surface area contributed by atoms with Gasteiger partial charge >= 0.3 is 0 Å². The molecule has 5 rings (SSSR count). The van der Waals surface area contributed by atoms with Crippen LogP contribution in [0.25, 0.3) is 11.1 Å². The summed E-state index contributed by atoms with van der Waals surface area (Å²) in [5.41, 5.74) is 7.25. The van der Waals surface area contributed by atoms with E-state index in [-0.39, 0.29) is 5.91 Å². The maximum atomic E-state index is 12.8. The molecule has 164 valence electrons. The molecule has 0 radical (unpaired) electrons. The summed E-state index contributed by atoms with van der Waals surface area (Å²) in [6.07, 6.45) is 8.05. The highest BCUT2D eigenvalue weighted by atomic mass is 16.2. The molecule has 3 aromatic rings. The van der Waals surface area contributed by atoms with Crippen LogP contribution in [0.4, 0.5) is 0 Å². The maximum absolute atomic E-state index is 12.8. The Kier molecular flexibility index (Phi) is 6.04. The van der Waals surface area contributed by atoms with Crippen LogP contribution in [0.2, 0.25) is 0 Å². The van der Waals surface area contributed by atoms with E-state index in [0.717, 1.165) is 32.0 Å². The molecule has 2 aliphatic rings. The monoisotopic (exact) mass is 425 g/mol. The molecule has 0 saturated carbocycles. The Balaban J connectivity index is 1.24. The van der Waals surface area contributed by atoms with Gasteiger partial charge in [-0.25, -0.2) is 0 Å². The summed E-state index contributed by atoms with van der Waals surface area (Å²) in [5, 5.41) is 0. The Morgan fingerprint density at radius 1 is 0.969 bits per heavy atom. The predicted octanol–water partition coefficient (Wildman–Crippen LogP) is 4.97. The van der Waals surface area contributed by atoms with E-state index in [2.05, 4.69) is 59.3 Å². The second-order valence-corrected chi connectivity index (χ2v) is 9.17. The van der Waals surface area contributed by atoms with Gasteiger partial charge in [0.05, 0.1) is 0 Å². The van der Waals surface area contributed by atoms with Crippen molar-refractivity contribution >= 4 is 5.91 Å². The fourth-order valence-corrected chi connectivity index (χ4v) is 5.04. The summed E-state index contributed by atoms with van der Waals surface area (Å²) in [6.45, 7) is 6.19. The van der Waals surface area contributed by atoms with Gasteiger partial charge in [-0.1, -0.05) is 42.5 Å². The average molecular weight is 426 g/mol. The Morgan fingerprint density at radius 3 is 2.50 bits per heavy atom. The Morgan fingerprint density at radius 2 is 1.75 bits per heavy atom. The van der Waals surface area contributed by atoms with E-state index >= 15 is 0 Å². The number of fused-ring (bicyclic) bond motifs is 1. The number of carbonyl (C=O) groups excluding carboxylic acids is 1. The van der Waals surface area contributed by atoms with Crippen molar-refractivity contribution in [1.29, 1.82) is 0 Å². The molecular weight excluding hydrogens is 394 g/mol. The number of likely N-dealkylation sites (tertiary alicyclic amines) is 1. The SMILES string of the molecule is CC1CCCN1CCc1ccc(-c2ccc3c(c2)CCN(C(=O)c2ccncc2)C3)cc1. The zero-order valence-corrected chi connectivity index (χ0v) is 18.8. The molecule has 1 atom stereocenters. The predicted molar refractivity (Wildman–Crippen MR) is 129 cm³/mol. The molecule has 4 nitrogen and oxygen atoms in total. The number of hydrogen-bond acceptors (Lipinski definition) is 3. The number of benzene rings is 2. The molecule has 1 aromatic heterocycles. The van der Waals surface area contributed by atoms with Crippen molar-refractivity contribution in [3.05, 3.63) is 89.2 Å². The first-order chi connectivity index (χ1) is 15.7. The van der Waals surface area contributed by atoms with Gasteiger partial charge in [0.1, 0.15) is 0 Å². The van der Waals surface area contributed by atoms with E-state index in [0.29, 0.717) is 12.1 Å². The number of hydrogen-bond donors (Lipinski definition) is 0. The lowest BCUT2D eigenvalue weighted by Crippen LogP contribution is -2.35. The van der Waals surface area contributed by atoms with E-state index in [1.54, 1.807) is 24.5 Å². The van der Waals surface area contributed by atoms with Gasteiger partial charge < -0.3 is 9.80 Å². The molecule has 1 saturated heterocycles. The van der Waals surface area contributed by atoms with Gasteiger partial charge in [-0.2, -0.15) is 0 Å². The van der Waals surface area contributed by atoms with Crippen molar-refractivity contribution in [2.75, 3.05) is 19.6 Å². The van der Waals surface area contributed by atoms with Gasteiger partial charge in [0.2, 0.25) is 0 Å². The highest BCUT2D eigenvalue weighted by Crippen LogP contribution is 2.27. The number of rotatable bonds is 5. The molecule has 2 aromatic carbocycles. The van der Waals surface area contributed by atoms with Gasteiger partial charge in [0.15, 0.2) is 0 Å². The van der Waals surface area contributed by atoms with E-state index < -0.39 is 0 Å². The largest absolute Gasteiger partial charge is 0.334 e. The molecule has 4 heteroatoms. The standard InChI is InChI=1S/C28H31N3O/c1-21-3-2-16-30(21)17-12-22-4-6-23(7-5-22)25-8-9-27-20-31(18-13-26(27)19-25)28(32)24-10-14-29-15-11-24/h4-11,14-15,19,21H,2-3,12-13,16-18,20H2,1H3. The van der Waals surface area contributed by atoms with Crippen LogP contribution < -0.4 is 0 Å². The smallest absolute Gasteiger partial charge is 0.254 e. The minimum Gasteiger partial charge on any atom is -0.334 e. The molecule has 1 unspecified atom stereocenters. The molecule has 32 heavy (non-hydrogen) atoms. The lowest BCUT2D eigenvalue weighted by Gasteiger charge is -2.29. The molecule has 0 N–H and O–H groups in total. The van der Waals surface area contributed by atoms with Crippen molar-refractivity contribution in [2.24, 2.45) is 0 Å². The molecule has 0 bridgehead atoms. The number of aromatic nitrogens is 1. The van der Waals surface area contributed by atoms with E-state index in [1.807, 2.05) is 4.90 Å². The van der Waals surface area contributed by atoms with Crippen LogP contribution in [0.5, 0.6) is 0 Å². The first-order valence-corrected chi connectivity index (χ1v) is 11.8. The van der Waals surface area contributed by atoms with E-state index in [1.165, 1.54) is 47.2 Å². The van der Waals surface area contributed by atoms with Crippen molar-refractivity contribution in [1.82, 2.24) is 14.8 Å². The summed E-state index contributed by atoms with van der Waals surface area (Å²) in [5.74, 6) is 0.0843. The third-order valence-corrected chi connectivity index (χ3v) is 7.10. The third-order valence-electron chi connectivity index (χ3n) is 7.10. The second-order valence-electron chi connectivity index (χ2n) is 9.17. The number of pyridine rings is 1. The van der Waals surface area contributed by atoms with Gasteiger partial charge in [0.25, 0.3) is 5.91 Å². The molecule has 0 spiro atoms. The summed E-state index contributed by atoms with van der Waals surface area (Å²) in [7, 11) is 0. The summed E-state index contributed by atoms with van der Waals surface area (Å²) in [4.78, 5) is 21.3. The third kappa shape index (κ3) is 4.46. The zero-order valence-electron chi connectivity index (χ0n) is 18.8. The lowest BCUT2D eigenvalue weighted by molar-refractivity contribution is 0.0734. The Labute approximate surface area is 190 Å². The van der Waals surface area contributed by atoms with Gasteiger partial charge in [-0.05, 0) is 79.1 Å². The summed E-state index contributed by atoms with van der Waals surface area (Å²) >= 11 is 0. The van der Waals surface area contributed by atoms with Crippen LogP contribution in [0.1, 0.15) is 46.8 Å². The normalized spacial score (nSPS) is 18.5. The fourth-order valence-electron chi connectivity index (χ4n) is 5.04. The van der Waals surface area contributed by atoms with Crippen LogP contribution >= 0.6 is 0 Å². The first-order valence-electron chi connectivity index (χ1n) is 11.8. The van der Waals surface area contributed by atoms with Crippen LogP contribution in [-0.2, 0) is 19.4 Å². The van der Waals surface area contributed by atoms with Crippen molar-refractivity contribution in [3.8, 4) is 11.1 Å². The van der Waals surface area contributed by atoms with Crippen molar-refractivity contribution in [2.45, 2.75) is 45.2 Å². The van der Waals surface area contributed by atoms with Gasteiger partial charge in [-0.15, -0.1) is 0 Å². The highest BCUT2D eigenvalue weighted by molar-refractivity contribution is 5.94. The minimum atomic E-state index is 0.0843. The number of carbonyl (C=O) groups is 1. The number of amides is 1. The molecule has 2 aliphatic heterocycles. The minimum absolute atomic E-state index is 0.0843. The molecule has 1 amide bonds. The van der Waals surface area contributed by atoms with Crippen molar-refractivity contribution < 1.29 is 4.79 Å². The maximum Gasteiger partial charge on any atom is 0.254 e. The van der Waals surface area contributed by atoms with E-state index in [9.17, 15) is 4.79 Å².